The van der Waals surface area contributed by atoms with Crippen molar-refractivity contribution in [2.24, 2.45) is 5.92 Å². The van der Waals surface area contributed by atoms with Crippen LogP contribution in [0.3, 0.4) is 0 Å². The van der Waals surface area contributed by atoms with E-state index in [4.69, 9.17) is 4.74 Å². The summed E-state index contributed by atoms with van der Waals surface area (Å²) in [5.74, 6) is 2.62. The van der Waals surface area contributed by atoms with Crippen molar-refractivity contribution in [1.82, 2.24) is 5.32 Å². The van der Waals surface area contributed by atoms with Crippen molar-refractivity contribution in [3.05, 3.63) is 29.8 Å². The molecule has 2 aliphatic carbocycles. The van der Waals surface area contributed by atoms with Crippen LogP contribution in [0.15, 0.2) is 24.3 Å². The molecular formula is C19H29NO. The third-order valence-corrected chi connectivity index (χ3v) is 5.59. The smallest absolute Gasteiger partial charge is 0.119 e. The first kappa shape index (κ1) is 14.9. The number of hydrogen-bond acceptors (Lipinski definition) is 2. The molecule has 116 valence electrons. The molecule has 0 aliphatic heterocycles. The molecule has 0 radical (unpaired) electrons. The largest absolute Gasteiger partial charge is 0.497 e. The SMILES string of the molecule is CCC1CCCCC1NC1CC(c2cccc(OC)c2)C1. The second-order valence-corrected chi connectivity index (χ2v) is 6.87. The maximum atomic E-state index is 5.33. The fourth-order valence-electron chi connectivity index (χ4n) is 4.14. The highest BCUT2D eigenvalue weighted by atomic mass is 16.5. The van der Waals surface area contributed by atoms with E-state index in [0.717, 1.165) is 29.7 Å². The Morgan fingerprint density at radius 1 is 1.19 bits per heavy atom. The molecule has 0 aromatic heterocycles. The fourth-order valence-corrected chi connectivity index (χ4v) is 4.14. The second-order valence-electron chi connectivity index (χ2n) is 6.87. The summed E-state index contributed by atoms with van der Waals surface area (Å²) in [5, 5.41) is 3.95. The van der Waals surface area contributed by atoms with Gasteiger partial charge in [-0.05, 0) is 55.2 Å². The van der Waals surface area contributed by atoms with Crippen LogP contribution in [0, 0.1) is 5.92 Å². The van der Waals surface area contributed by atoms with Gasteiger partial charge in [0.05, 0.1) is 7.11 Å². The lowest BCUT2D eigenvalue weighted by molar-refractivity contribution is 0.189. The summed E-state index contributed by atoms with van der Waals surface area (Å²) in [4.78, 5) is 0. The van der Waals surface area contributed by atoms with Crippen molar-refractivity contribution in [3.63, 3.8) is 0 Å². The zero-order valence-electron chi connectivity index (χ0n) is 13.5. The molecule has 0 saturated heterocycles. The normalized spacial score (nSPS) is 32.5. The number of rotatable bonds is 5. The average Bonchev–Trinajstić information content (AvgIpc) is 2.50. The van der Waals surface area contributed by atoms with E-state index < -0.39 is 0 Å². The molecule has 0 amide bonds. The van der Waals surface area contributed by atoms with E-state index in [1.807, 2.05) is 6.07 Å². The molecule has 1 N–H and O–H groups in total. The summed E-state index contributed by atoms with van der Waals surface area (Å²) >= 11 is 0. The van der Waals surface area contributed by atoms with Gasteiger partial charge in [0.25, 0.3) is 0 Å². The standard InChI is InChI=1S/C19H29NO/c1-3-14-7-4-5-10-19(14)20-17-11-16(12-17)15-8-6-9-18(13-15)21-2/h6,8-9,13-14,16-17,19-20H,3-5,7,10-12H2,1-2H3. The zero-order chi connectivity index (χ0) is 14.7. The van der Waals surface area contributed by atoms with Gasteiger partial charge >= 0.3 is 0 Å². The maximum Gasteiger partial charge on any atom is 0.119 e. The van der Waals surface area contributed by atoms with E-state index in [0.29, 0.717) is 0 Å². The third-order valence-electron chi connectivity index (χ3n) is 5.59. The van der Waals surface area contributed by atoms with Crippen LogP contribution < -0.4 is 10.1 Å². The van der Waals surface area contributed by atoms with Crippen LogP contribution >= 0.6 is 0 Å². The molecule has 2 unspecified atom stereocenters. The Hall–Kier alpha value is -1.02. The van der Waals surface area contributed by atoms with Gasteiger partial charge in [-0.3, -0.25) is 0 Å². The van der Waals surface area contributed by atoms with Crippen molar-refractivity contribution in [2.75, 3.05) is 7.11 Å². The first-order valence-electron chi connectivity index (χ1n) is 8.70. The van der Waals surface area contributed by atoms with Crippen molar-refractivity contribution < 1.29 is 4.74 Å². The summed E-state index contributed by atoms with van der Waals surface area (Å²) < 4.78 is 5.33. The van der Waals surface area contributed by atoms with Crippen LogP contribution in [0.2, 0.25) is 0 Å². The molecule has 2 aliphatic rings. The second kappa shape index (κ2) is 6.83. The Morgan fingerprint density at radius 2 is 2.00 bits per heavy atom. The molecule has 3 rings (SSSR count). The van der Waals surface area contributed by atoms with Crippen LogP contribution in [-0.2, 0) is 0 Å². The van der Waals surface area contributed by atoms with Crippen LogP contribution in [0.25, 0.3) is 0 Å². The van der Waals surface area contributed by atoms with Gasteiger partial charge in [0.1, 0.15) is 5.75 Å². The van der Waals surface area contributed by atoms with Gasteiger partial charge in [0.2, 0.25) is 0 Å². The molecule has 0 heterocycles. The van der Waals surface area contributed by atoms with Gasteiger partial charge in [-0.25, -0.2) is 0 Å². The molecule has 0 bridgehead atoms. The summed E-state index contributed by atoms with van der Waals surface area (Å²) in [5.41, 5.74) is 1.45. The fraction of sp³-hybridized carbons (Fsp3) is 0.684. The van der Waals surface area contributed by atoms with Gasteiger partial charge in [-0.1, -0.05) is 38.3 Å². The number of methoxy groups -OCH3 is 1. The van der Waals surface area contributed by atoms with Gasteiger partial charge in [-0.2, -0.15) is 0 Å². The highest BCUT2D eigenvalue weighted by molar-refractivity contribution is 5.32. The molecule has 2 saturated carbocycles. The van der Waals surface area contributed by atoms with Gasteiger partial charge in [-0.15, -0.1) is 0 Å². The van der Waals surface area contributed by atoms with Crippen LogP contribution in [0.1, 0.15) is 63.4 Å². The van der Waals surface area contributed by atoms with E-state index in [1.165, 1.54) is 50.5 Å². The van der Waals surface area contributed by atoms with E-state index in [-0.39, 0.29) is 0 Å². The van der Waals surface area contributed by atoms with Gasteiger partial charge < -0.3 is 10.1 Å². The minimum atomic E-state index is 0.723. The molecule has 2 nitrogen and oxygen atoms in total. The van der Waals surface area contributed by atoms with E-state index in [2.05, 4.69) is 30.4 Å². The minimum Gasteiger partial charge on any atom is -0.497 e. The molecular weight excluding hydrogens is 258 g/mol. The van der Waals surface area contributed by atoms with Crippen LogP contribution in [-0.4, -0.2) is 19.2 Å². The Balaban J connectivity index is 1.51. The van der Waals surface area contributed by atoms with Crippen molar-refractivity contribution >= 4 is 0 Å². The minimum absolute atomic E-state index is 0.723. The average molecular weight is 287 g/mol. The summed E-state index contributed by atoms with van der Waals surface area (Å²) in [6.07, 6.45) is 9.59. The lowest BCUT2D eigenvalue weighted by Crippen LogP contribution is -2.49. The van der Waals surface area contributed by atoms with E-state index >= 15 is 0 Å². The predicted molar refractivity (Wildman–Crippen MR) is 87.9 cm³/mol. The highest BCUT2D eigenvalue weighted by Crippen LogP contribution is 2.39. The molecule has 2 heteroatoms. The Kier molecular flexibility index (Phi) is 4.84. The monoisotopic (exact) mass is 287 g/mol. The molecule has 21 heavy (non-hydrogen) atoms. The van der Waals surface area contributed by atoms with Crippen LogP contribution in [0.5, 0.6) is 5.75 Å². The Labute approximate surface area is 129 Å². The summed E-state index contributed by atoms with van der Waals surface area (Å²) in [6, 6.07) is 10.1. The van der Waals surface area contributed by atoms with Crippen molar-refractivity contribution in [1.29, 1.82) is 0 Å². The van der Waals surface area contributed by atoms with Gasteiger partial charge in [0, 0.05) is 12.1 Å². The Bertz CT molecular complexity index is 453. The first-order valence-corrected chi connectivity index (χ1v) is 8.70. The molecule has 1 aromatic rings. The lowest BCUT2D eigenvalue weighted by Gasteiger charge is -2.42. The number of nitrogens with one attached hydrogen (secondary N) is 1. The number of hydrogen-bond donors (Lipinski definition) is 1. The van der Waals surface area contributed by atoms with E-state index in [1.54, 1.807) is 7.11 Å². The van der Waals surface area contributed by atoms with E-state index in [9.17, 15) is 0 Å². The third kappa shape index (κ3) is 3.42. The van der Waals surface area contributed by atoms with Crippen molar-refractivity contribution in [2.45, 2.75) is 69.9 Å². The highest BCUT2D eigenvalue weighted by Gasteiger charge is 2.34. The zero-order valence-corrected chi connectivity index (χ0v) is 13.5. The Morgan fingerprint density at radius 3 is 2.76 bits per heavy atom. The summed E-state index contributed by atoms with van der Waals surface area (Å²) in [6.45, 7) is 2.35. The number of benzene rings is 1. The molecule has 0 spiro atoms. The molecule has 2 atom stereocenters. The summed E-state index contributed by atoms with van der Waals surface area (Å²) in [7, 11) is 1.75. The van der Waals surface area contributed by atoms with Gasteiger partial charge in [0.15, 0.2) is 0 Å². The van der Waals surface area contributed by atoms with Crippen molar-refractivity contribution in [3.8, 4) is 5.75 Å². The predicted octanol–water partition coefficient (Wildman–Crippen LogP) is 4.50. The first-order chi connectivity index (χ1) is 10.3. The topological polar surface area (TPSA) is 21.3 Å². The molecule has 1 aromatic carbocycles. The quantitative estimate of drug-likeness (QED) is 0.861. The molecule has 2 fully saturated rings. The number of ether oxygens (including phenoxy) is 1. The maximum absolute atomic E-state index is 5.33. The lowest BCUT2D eigenvalue weighted by atomic mass is 9.74. The van der Waals surface area contributed by atoms with Crippen LogP contribution in [0.4, 0.5) is 0 Å².